The molecule has 10 aromatic rings. The summed E-state index contributed by atoms with van der Waals surface area (Å²) in [6.07, 6.45) is 6.38. The van der Waals surface area contributed by atoms with Gasteiger partial charge < -0.3 is 0 Å². The third-order valence-corrected chi connectivity index (χ3v) is 12.8. The van der Waals surface area contributed by atoms with E-state index < -0.39 is 19.9 Å². The van der Waals surface area contributed by atoms with E-state index in [2.05, 4.69) is 99.5 Å². The summed E-state index contributed by atoms with van der Waals surface area (Å²) in [5.74, 6) is 1.39. The largest absolute Gasteiger partial charge is 0.291 e. The van der Waals surface area contributed by atoms with Gasteiger partial charge in [0.2, 0.25) is 10.0 Å². The van der Waals surface area contributed by atoms with Crippen molar-refractivity contribution in [2.24, 2.45) is 5.14 Å². The van der Waals surface area contributed by atoms with E-state index in [0.717, 1.165) is 57.8 Å². The number of hydrogen-bond donors (Lipinski definition) is 1. The average Bonchev–Trinajstić information content (AvgIpc) is 3.90. The quantitative estimate of drug-likeness (QED) is 0.143. The molecule has 316 valence electrons. The molecule has 0 amide bonds. The maximum absolute atomic E-state index is 11.8. The first-order valence-corrected chi connectivity index (χ1v) is 23.8. The number of benzene rings is 6. The lowest BCUT2D eigenvalue weighted by molar-refractivity contribution is 0.597. The van der Waals surface area contributed by atoms with Gasteiger partial charge in [-0.25, -0.2) is 41.9 Å². The van der Waals surface area contributed by atoms with Crippen LogP contribution in [0.3, 0.4) is 0 Å². The van der Waals surface area contributed by atoms with Crippen molar-refractivity contribution in [3.63, 3.8) is 0 Å². The van der Waals surface area contributed by atoms with Crippen molar-refractivity contribution >= 4 is 42.2 Å². The fourth-order valence-electron chi connectivity index (χ4n) is 7.55. The number of imidazole rings is 2. The number of hydrogen-bond acceptors (Lipinski definition) is 8. The van der Waals surface area contributed by atoms with Crippen molar-refractivity contribution in [1.82, 2.24) is 29.1 Å². The Hall–Kier alpha value is -7.58. The number of aromatic nitrogens is 6. The van der Waals surface area contributed by atoms with Crippen LogP contribution in [0, 0.1) is 0 Å². The van der Waals surface area contributed by atoms with Gasteiger partial charge in [0, 0.05) is 41.2 Å². The maximum atomic E-state index is 11.8. The molecule has 0 saturated carbocycles. The lowest BCUT2D eigenvalue weighted by atomic mass is 10.0. The smallest absolute Gasteiger partial charge is 0.238 e. The zero-order valence-corrected chi connectivity index (χ0v) is 36.2. The Morgan fingerprint density at radius 2 is 0.938 bits per heavy atom. The molecule has 10 rings (SSSR count). The first-order valence-electron chi connectivity index (χ1n) is 20.4. The Labute approximate surface area is 371 Å². The minimum absolute atomic E-state index is 0.0623. The van der Waals surface area contributed by atoms with Gasteiger partial charge in [-0.3, -0.25) is 9.13 Å². The standard InChI is InChI=1S/C26H21N3O2S.C25H20N4O2S/c1-32(30,31)23-15-11-21(12-16-23)26-28-25-24(8-5-17-27-25)29(26)22-13-9-20(10-14-22)18-19-6-3-2-4-7-19;26-32(30,31)22-14-10-20(11-15-22)24-28-23-7-4-16-27-25(23)29(24)21-12-8-19(9-13-21)17-18-5-2-1-3-6-18/h2-17H,18H2,1H3;1-16H,17H2,(H2,26,30,31). The highest BCUT2D eigenvalue weighted by molar-refractivity contribution is 7.90. The van der Waals surface area contributed by atoms with Crippen molar-refractivity contribution < 1.29 is 16.8 Å². The molecular formula is C51H41N7O4S2. The Morgan fingerprint density at radius 3 is 1.47 bits per heavy atom. The van der Waals surface area contributed by atoms with Crippen LogP contribution in [0.1, 0.15) is 22.3 Å². The third-order valence-electron chi connectivity index (χ3n) is 10.7. The molecule has 4 aromatic heterocycles. The van der Waals surface area contributed by atoms with Gasteiger partial charge in [-0.05, 0) is 132 Å². The van der Waals surface area contributed by atoms with Gasteiger partial charge >= 0.3 is 0 Å². The van der Waals surface area contributed by atoms with Gasteiger partial charge in [-0.2, -0.15) is 0 Å². The fourth-order valence-corrected chi connectivity index (χ4v) is 8.70. The summed E-state index contributed by atoms with van der Waals surface area (Å²) in [6, 6.07) is 58.3. The van der Waals surface area contributed by atoms with E-state index in [1.54, 1.807) is 48.8 Å². The summed E-state index contributed by atoms with van der Waals surface area (Å²) in [5.41, 5.74) is 11.5. The molecule has 13 heteroatoms. The molecule has 0 aliphatic carbocycles. The Bertz CT molecular complexity index is 3220. The summed E-state index contributed by atoms with van der Waals surface area (Å²) >= 11 is 0. The van der Waals surface area contributed by atoms with Crippen LogP contribution in [0.2, 0.25) is 0 Å². The van der Waals surface area contributed by atoms with E-state index in [-0.39, 0.29) is 9.79 Å². The second kappa shape index (κ2) is 17.7. The molecular weight excluding hydrogens is 839 g/mol. The highest BCUT2D eigenvalue weighted by atomic mass is 32.2. The van der Waals surface area contributed by atoms with Gasteiger partial charge in [-0.15, -0.1) is 0 Å². The van der Waals surface area contributed by atoms with Crippen molar-refractivity contribution in [2.75, 3.05) is 6.26 Å². The van der Waals surface area contributed by atoms with Crippen LogP contribution < -0.4 is 5.14 Å². The molecule has 0 fully saturated rings. The lowest BCUT2D eigenvalue weighted by Crippen LogP contribution is -2.11. The average molecular weight is 880 g/mol. The van der Waals surface area contributed by atoms with Crippen LogP contribution in [0.25, 0.3) is 56.5 Å². The molecule has 64 heavy (non-hydrogen) atoms. The van der Waals surface area contributed by atoms with Gasteiger partial charge in [0.1, 0.15) is 17.2 Å². The summed E-state index contributed by atoms with van der Waals surface area (Å²) in [7, 11) is -7.02. The predicted molar refractivity (Wildman–Crippen MR) is 252 cm³/mol. The Balaban J connectivity index is 0.000000162. The van der Waals surface area contributed by atoms with Crippen LogP contribution in [0.4, 0.5) is 0 Å². The normalized spacial score (nSPS) is 11.7. The van der Waals surface area contributed by atoms with Crippen LogP contribution in [0.15, 0.2) is 204 Å². The van der Waals surface area contributed by atoms with Crippen molar-refractivity contribution in [2.45, 2.75) is 22.6 Å². The third kappa shape index (κ3) is 9.13. The van der Waals surface area contributed by atoms with Gasteiger partial charge in [-0.1, -0.05) is 84.9 Å². The van der Waals surface area contributed by atoms with Crippen LogP contribution in [-0.4, -0.2) is 52.2 Å². The Kier molecular flexibility index (Phi) is 11.5. The molecule has 0 saturated heterocycles. The minimum atomic E-state index is -3.76. The first kappa shape index (κ1) is 41.8. The number of nitrogens with two attached hydrogens (primary N) is 1. The molecule has 0 radical (unpaired) electrons. The van der Waals surface area contributed by atoms with Crippen LogP contribution in [0.5, 0.6) is 0 Å². The molecule has 0 spiro atoms. The summed E-state index contributed by atoms with van der Waals surface area (Å²) in [6.45, 7) is 0. The van der Waals surface area contributed by atoms with E-state index in [9.17, 15) is 16.8 Å². The second-order valence-electron chi connectivity index (χ2n) is 15.3. The number of nitrogens with zero attached hydrogens (tertiary/aromatic N) is 6. The molecule has 6 aromatic carbocycles. The molecule has 0 aliphatic heterocycles. The molecule has 4 heterocycles. The number of primary sulfonamides is 1. The lowest BCUT2D eigenvalue weighted by Gasteiger charge is -2.11. The number of sulfone groups is 1. The highest BCUT2D eigenvalue weighted by Gasteiger charge is 2.18. The molecule has 2 N–H and O–H groups in total. The molecule has 0 atom stereocenters. The van der Waals surface area contributed by atoms with Crippen LogP contribution >= 0.6 is 0 Å². The van der Waals surface area contributed by atoms with E-state index in [0.29, 0.717) is 11.5 Å². The van der Waals surface area contributed by atoms with Crippen molar-refractivity contribution in [1.29, 1.82) is 0 Å². The van der Waals surface area contributed by atoms with Crippen molar-refractivity contribution in [3.05, 3.63) is 217 Å². The van der Waals surface area contributed by atoms with E-state index in [1.165, 1.54) is 40.6 Å². The molecule has 0 aliphatic rings. The topological polar surface area (TPSA) is 156 Å². The fraction of sp³-hybridized carbons (Fsp3) is 0.0588. The number of fused-ring (bicyclic) bond motifs is 2. The molecule has 0 bridgehead atoms. The highest BCUT2D eigenvalue weighted by Crippen LogP contribution is 2.31. The van der Waals surface area contributed by atoms with Gasteiger partial charge in [0.05, 0.1) is 15.3 Å². The summed E-state index contributed by atoms with van der Waals surface area (Å²) in [5, 5.41) is 5.24. The van der Waals surface area contributed by atoms with Crippen molar-refractivity contribution in [3.8, 4) is 34.2 Å². The zero-order valence-electron chi connectivity index (χ0n) is 34.6. The maximum Gasteiger partial charge on any atom is 0.238 e. The summed E-state index contributed by atoms with van der Waals surface area (Å²) in [4.78, 5) is 18.8. The van der Waals surface area contributed by atoms with Crippen LogP contribution in [-0.2, 0) is 32.7 Å². The van der Waals surface area contributed by atoms with E-state index in [4.69, 9.17) is 15.1 Å². The Morgan fingerprint density at radius 1 is 0.469 bits per heavy atom. The van der Waals surface area contributed by atoms with E-state index >= 15 is 0 Å². The SMILES string of the molecule is CS(=O)(=O)c1ccc(-c2nc3ncccc3n2-c2ccc(Cc3ccccc3)cc2)cc1.NS(=O)(=O)c1ccc(-c2nc3cccnc3n2-c2ccc(Cc3ccccc3)cc2)cc1. The first-order chi connectivity index (χ1) is 31.0. The number of rotatable bonds is 10. The summed E-state index contributed by atoms with van der Waals surface area (Å²) < 4.78 is 51.0. The second-order valence-corrected chi connectivity index (χ2v) is 18.8. The molecule has 11 nitrogen and oxygen atoms in total. The monoisotopic (exact) mass is 879 g/mol. The van der Waals surface area contributed by atoms with Gasteiger partial charge in [0.15, 0.2) is 21.1 Å². The predicted octanol–water partition coefficient (Wildman–Crippen LogP) is 9.41. The minimum Gasteiger partial charge on any atom is -0.291 e. The number of sulfonamides is 1. The van der Waals surface area contributed by atoms with E-state index in [1.807, 2.05) is 53.1 Å². The van der Waals surface area contributed by atoms with Gasteiger partial charge in [0.25, 0.3) is 0 Å². The zero-order chi connectivity index (χ0) is 44.3. The molecule has 0 unspecified atom stereocenters. The number of pyridine rings is 2.